The molecule has 61 heavy (non-hydrogen) atoms. The zero-order valence-electron chi connectivity index (χ0n) is 40.2. The van der Waals surface area contributed by atoms with E-state index in [0.29, 0.717) is 19.3 Å². The van der Waals surface area contributed by atoms with Gasteiger partial charge in [0.1, 0.15) is 13.2 Å². The molecule has 0 saturated carbocycles. The van der Waals surface area contributed by atoms with Crippen LogP contribution in [0.4, 0.5) is 0 Å². The van der Waals surface area contributed by atoms with E-state index >= 15 is 0 Å². The van der Waals surface area contributed by atoms with Crippen LogP contribution in [0.15, 0.2) is 60.8 Å². The van der Waals surface area contributed by atoms with Crippen molar-refractivity contribution in [1.82, 2.24) is 0 Å². The van der Waals surface area contributed by atoms with Crippen LogP contribution in [0.25, 0.3) is 0 Å². The molecular formula is C55H96O6. The normalized spacial score (nSPS) is 12.5. The minimum absolute atomic E-state index is 0.0848. The van der Waals surface area contributed by atoms with Crippen LogP contribution in [0.5, 0.6) is 0 Å². The van der Waals surface area contributed by atoms with Crippen molar-refractivity contribution in [3.8, 4) is 0 Å². The highest BCUT2D eigenvalue weighted by molar-refractivity contribution is 5.71. The number of hydrogen-bond acceptors (Lipinski definition) is 6. The number of hydrogen-bond donors (Lipinski definition) is 0. The molecule has 1 unspecified atom stereocenters. The van der Waals surface area contributed by atoms with Gasteiger partial charge in [0, 0.05) is 19.3 Å². The third-order valence-electron chi connectivity index (χ3n) is 11.0. The van der Waals surface area contributed by atoms with Gasteiger partial charge in [0.25, 0.3) is 0 Å². The zero-order chi connectivity index (χ0) is 44.4. The molecule has 0 fully saturated rings. The van der Waals surface area contributed by atoms with E-state index in [1.54, 1.807) is 0 Å². The van der Waals surface area contributed by atoms with Gasteiger partial charge in [-0.05, 0) is 103 Å². The average Bonchev–Trinajstić information content (AvgIpc) is 3.26. The van der Waals surface area contributed by atoms with Crippen LogP contribution in [-0.4, -0.2) is 37.2 Å². The number of esters is 3. The van der Waals surface area contributed by atoms with Gasteiger partial charge < -0.3 is 14.2 Å². The second kappa shape index (κ2) is 49.8. The fraction of sp³-hybridized carbons (Fsp3) is 0.764. The van der Waals surface area contributed by atoms with Gasteiger partial charge in [-0.2, -0.15) is 0 Å². The first-order valence-corrected chi connectivity index (χ1v) is 25.8. The van der Waals surface area contributed by atoms with Gasteiger partial charge in [0.05, 0.1) is 0 Å². The molecule has 0 aliphatic rings. The first-order valence-electron chi connectivity index (χ1n) is 25.8. The van der Waals surface area contributed by atoms with E-state index in [2.05, 4.69) is 81.5 Å². The Morgan fingerprint density at radius 2 is 0.639 bits per heavy atom. The van der Waals surface area contributed by atoms with Crippen LogP contribution in [0.1, 0.15) is 252 Å². The summed E-state index contributed by atoms with van der Waals surface area (Å²) in [7, 11) is 0. The molecule has 352 valence electrons. The maximum atomic E-state index is 12.8. The predicted octanol–water partition coefficient (Wildman–Crippen LogP) is 16.9. The topological polar surface area (TPSA) is 78.9 Å². The first-order chi connectivity index (χ1) is 30.0. The Bertz CT molecular complexity index is 1120. The second-order valence-electron chi connectivity index (χ2n) is 17.0. The lowest BCUT2D eigenvalue weighted by molar-refractivity contribution is -0.167. The molecule has 0 aliphatic heterocycles. The number of carbonyl (C=O) groups excluding carboxylic acids is 3. The highest BCUT2D eigenvalue weighted by atomic mass is 16.6. The van der Waals surface area contributed by atoms with Crippen LogP contribution in [0.2, 0.25) is 0 Å². The van der Waals surface area contributed by atoms with Gasteiger partial charge in [-0.1, -0.05) is 191 Å². The molecule has 0 aliphatic carbocycles. The van der Waals surface area contributed by atoms with Crippen LogP contribution in [0, 0.1) is 0 Å². The van der Waals surface area contributed by atoms with Crippen molar-refractivity contribution in [2.24, 2.45) is 0 Å². The summed E-state index contributed by atoms with van der Waals surface area (Å²) in [5.74, 6) is -0.908. The molecule has 0 aromatic heterocycles. The van der Waals surface area contributed by atoms with Crippen molar-refractivity contribution in [3.63, 3.8) is 0 Å². The number of rotatable bonds is 46. The van der Waals surface area contributed by atoms with Crippen molar-refractivity contribution in [3.05, 3.63) is 60.8 Å². The molecule has 6 nitrogen and oxygen atoms in total. The Labute approximate surface area is 377 Å². The van der Waals surface area contributed by atoms with Gasteiger partial charge in [-0.15, -0.1) is 0 Å². The number of ether oxygens (including phenoxy) is 3. The van der Waals surface area contributed by atoms with Gasteiger partial charge in [-0.3, -0.25) is 14.4 Å². The summed E-state index contributed by atoms with van der Waals surface area (Å²) in [5.41, 5.74) is 0. The van der Waals surface area contributed by atoms with E-state index in [0.717, 1.165) is 103 Å². The van der Waals surface area contributed by atoms with E-state index in [9.17, 15) is 14.4 Å². The third kappa shape index (κ3) is 48.0. The standard InChI is InChI=1S/C55H96O6/c1-4-7-10-13-16-19-22-25-27-28-29-31-33-36-39-42-45-48-54(57)60-51-52(50-59-53(56)47-44-41-38-35-32-24-21-18-15-12-9-6-3)61-55(58)49-46-43-40-37-34-30-26-23-20-17-14-11-8-5-2/h7,10,16,18-19,21,23,25-27,52H,4-6,8-9,11-15,17,20,22,24,28-51H2,1-3H3/b10-7-,19-16-,21-18-,26-23-,27-25-. The van der Waals surface area contributed by atoms with Gasteiger partial charge in [0.2, 0.25) is 0 Å². The fourth-order valence-corrected chi connectivity index (χ4v) is 7.09. The molecule has 0 radical (unpaired) electrons. The molecule has 0 aromatic carbocycles. The number of carbonyl (C=O) groups is 3. The zero-order valence-corrected chi connectivity index (χ0v) is 40.2. The average molecular weight is 853 g/mol. The SMILES string of the molecule is CC/C=C\C/C=C\C/C=C\CCCCCCCCCC(=O)OCC(COC(=O)CCCCCCC/C=C\CCCCC)OC(=O)CCCCCCC/C=C\CCCCCCC. The largest absolute Gasteiger partial charge is 0.462 e. The first kappa shape index (κ1) is 58.1. The van der Waals surface area contributed by atoms with Gasteiger partial charge in [-0.25, -0.2) is 0 Å². The molecule has 1 atom stereocenters. The maximum absolute atomic E-state index is 12.8. The maximum Gasteiger partial charge on any atom is 0.306 e. The lowest BCUT2D eigenvalue weighted by atomic mass is 10.1. The molecule has 0 spiro atoms. The summed E-state index contributed by atoms with van der Waals surface area (Å²) in [4.78, 5) is 37.9. The molecule has 0 heterocycles. The number of unbranched alkanes of at least 4 members (excludes halogenated alkanes) is 25. The summed E-state index contributed by atoms with van der Waals surface area (Å²) >= 11 is 0. The van der Waals surface area contributed by atoms with E-state index in [1.165, 1.54) is 109 Å². The van der Waals surface area contributed by atoms with Crippen molar-refractivity contribution >= 4 is 17.9 Å². The van der Waals surface area contributed by atoms with Crippen molar-refractivity contribution in [1.29, 1.82) is 0 Å². The summed E-state index contributed by atoms with van der Waals surface area (Å²) < 4.78 is 16.8. The Morgan fingerprint density at radius 3 is 1.05 bits per heavy atom. The van der Waals surface area contributed by atoms with E-state index in [-0.39, 0.29) is 31.1 Å². The highest BCUT2D eigenvalue weighted by Gasteiger charge is 2.19. The Balaban J connectivity index is 4.40. The van der Waals surface area contributed by atoms with E-state index in [4.69, 9.17) is 14.2 Å². The van der Waals surface area contributed by atoms with Crippen LogP contribution >= 0.6 is 0 Å². The molecule has 0 N–H and O–H groups in total. The lowest BCUT2D eigenvalue weighted by Crippen LogP contribution is -2.30. The third-order valence-corrected chi connectivity index (χ3v) is 11.0. The minimum atomic E-state index is -0.784. The quantitative estimate of drug-likeness (QED) is 0.0263. The van der Waals surface area contributed by atoms with Crippen molar-refractivity contribution in [2.45, 2.75) is 258 Å². The molecular weight excluding hydrogens is 757 g/mol. The molecule has 0 rings (SSSR count). The monoisotopic (exact) mass is 853 g/mol. The summed E-state index contributed by atoms with van der Waals surface area (Å²) in [6.45, 7) is 6.48. The molecule has 0 saturated heterocycles. The summed E-state index contributed by atoms with van der Waals surface area (Å²) in [5, 5.41) is 0. The van der Waals surface area contributed by atoms with Gasteiger partial charge >= 0.3 is 17.9 Å². The van der Waals surface area contributed by atoms with Gasteiger partial charge in [0.15, 0.2) is 6.10 Å². The highest BCUT2D eigenvalue weighted by Crippen LogP contribution is 2.14. The fourth-order valence-electron chi connectivity index (χ4n) is 7.09. The molecule has 0 bridgehead atoms. The van der Waals surface area contributed by atoms with Crippen molar-refractivity contribution in [2.75, 3.05) is 13.2 Å². The second-order valence-corrected chi connectivity index (χ2v) is 17.0. The number of allylic oxidation sites excluding steroid dienone is 10. The lowest BCUT2D eigenvalue weighted by Gasteiger charge is -2.18. The molecule has 0 aromatic rings. The van der Waals surface area contributed by atoms with Crippen LogP contribution < -0.4 is 0 Å². The summed E-state index contributed by atoms with van der Waals surface area (Å²) in [6.07, 6.45) is 60.5. The van der Waals surface area contributed by atoms with Crippen molar-refractivity contribution < 1.29 is 28.6 Å². The smallest absolute Gasteiger partial charge is 0.306 e. The molecule has 0 amide bonds. The predicted molar refractivity (Wildman–Crippen MR) is 261 cm³/mol. The van der Waals surface area contributed by atoms with E-state index < -0.39 is 6.10 Å². The molecule has 6 heteroatoms. The van der Waals surface area contributed by atoms with Crippen LogP contribution in [0.3, 0.4) is 0 Å². The summed E-state index contributed by atoms with van der Waals surface area (Å²) in [6, 6.07) is 0. The Kier molecular flexibility index (Phi) is 47.4. The minimum Gasteiger partial charge on any atom is -0.462 e. The Hall–Kier alpha value is -2.89. The Morgan fingerprint density at radius 1 is 0.344 bits per heavy atom. The van der Waals surface area contributed by atoms with E-state index in [1.807, 2.05) is 0 Å². The van der Waals surface area contributed by atoms with Crippen LogP contribution in [-0.2, 0) is 28.6 Å².